The molecule has 2 aromatic carbocycles. The topological polar surface area (TPSA) is 75.7 Å². The van der Waals surface area contributed by atoms with Crippen molar-refractivity contribution in [2.24, 2.45) is 0 Å². The number of sulfonamides is 1. The molecule has 0 aliphatic heterocycles. The smallest absolute Gasteiger partial charge is 0.387 e. The highest BCUT2D eigenvalue weighted by Crippen LogP contribution is 2.27. The number of amides is 1. The number of hydrogen-bond acceptors (Lipinski definition) is 4. The molecular weight excluding hydrogens is 390 g/mol. The van der Waals surface area contributed by atoms with E-state index in [0.717, 1.165) is 10.4 Å². The zero-order chi connectivity index (χ0) is 19.5. The van der Waals surface area contributed by atoms with Crippen LogP contribution in [0.5, 0.6) is 5.75 Å². The third-order valence-electron chi connectivity index (χ3n) is 3.27. The van der Waals surface area contributed by atoms with E-state index in [2.05, 4.69) is 10.1 Å². The second-order valence-corrected chi connectivity index (χ2v) is 7.82. The fraction of sp³-hybridized carbons (Fsp3) is 0.188. The molecule has 140 valence electrons. The van der Waals surface area contributed by atoms with Crippen molar-refractivity contribution >= 4 is 33.2 Å². The third-order valence-corrected chi connectivity index (χ3v) is 5.57. The molecule has 0 unspecified atom stereocenters. The predicted octanol–water partition coefficient (Wildman–Crippen LogP) is 3.44. The number of carbonyl (C=O) groups excluding carboxylic acids is 1. The van der Waals surface area contributed by atoms with E-state index in [9.17, 15) is 22.0 Å². The zero-order valence-electron chi connectivity index (χ0n) is 13.7. The number of carbonyl (C=O) groups is 1. The maximum atomic E-state index is 12.3. The van der Waals surface area contributed by atoms with Crippen molar-refractivity contribution in [1.29, 1.82) is 0 Å². The van der Waals surface area contributed by atoms with Gasteiger partial charge in [-0.2, -0.15) is 8.78 Å². The Bertz CT molecular complexity index is 920. The molecule has 6 nitrogen and oxygen atoms in total. The van der Waals surface area contributed by atoms with Gasteiger partial charge in [-0.25, -0.2) is 12.7 Å². The van der Waals surface area contributed by atoms with Crippen molar-refractivity contribution in [2.75, 3.05) is 19.4 Å². The van der Waals surface area contributed by atoms with E-state index in [0.29, 0.717) is 0 Å². The summed E-state index contributed by atoms with van der Waals surface area (Å²) in [5.74, 6) is -0.792. The van der Waals surface area contributed by atoms with Gasteiger partial charge in [-0.15, -0.1) is 0 Å². The van der Waals surface area contributed by atoms with E-state index in [4.69, 9.17) is 11.6 Å². The fourth-order valence-electron chi connectivity index (χ4n) is 1.99. The molecule has 0 aliphatic rings. The SMILES string of the molecule is CN(C)S(=O)(=O)c1cc(NC(=O)c2cccc(OC(F)F)c2)ccc1Cl. The quantitative estimate of drug-likeness (QED) is 0.800. The summed E-state index contributed by atoms with van der Waals surface area (Å²) < 4.78 is 54.3. The van der Waals surface area contributed by atoms with E-state index < -0.39 is 22.5 Å². The molecule has 1 amide bonds. The summed E-state index contributed by atoms with van der Waals surface area (Å²) in [6.07, 6.45) is 0. The normalized spacial score (nSPS) is 11.7. The van der Waals surface area contributed by atoms with Gasteiger partial charge < -0.3 is 10.1 Å². The van der Waals surface area contributed by atoms with Crippen molar-refractivity contribution in [3.05, 3.63) is 53.1 Å². The number of halogens is 3. The number of rotatable bonds is 6. The number of hydrogen-bond donors (Lipinski definition) is 1. The van der Waals surface area contributed by atoms with Gasteiger partial charge in [0.1, 0.15) is 10.6 Å². The van der Waals surface area contributed by atoms with Crippen molar-refractivity contribution in [1.82, 2.24) is 4.31 Å². The largest absolute Gasteiger partial charge is 0.435 e. The summed E-state index contributed by atoms with van der Waals surface area (Å²) >= 11 is 5.94. The van der Waals surface area contributed by atoms with Crippen LogP contribution in [0.3, 0.4) is 0 Å². The second kappa shape index (κ2) is 7.98. The molecule has 0 aliphatic carbocycles. The minimum absolute atomic E-state index is 0.00373. The molecule has 0 fully saturated rings. The van der Waals surface area contributed by atoms with Crippen LogP contribution in [0.1, 0.15) is 10.4 Å². The van der Waals surface area contributed by atoms with Crippen LogP contribution >= 0.6 is 11.6 Å². The summed E-state index contributed by atoms with van der Waals surface area (Å²) in [5.41, 5.74) is 0.245. The second-order valence-electron chi connectivity index (χ2n) is 5.29. The number of nitrogens with one attached hydrogen (secondary N) is 1. The molecular formula is C16H15ClF2N2O4S. The first-order chi connectivity index (χ1) is 12.1. The van der Waals surface area contributed by atoms with Gasteiger partial charge in [-0.3, -0.25) is 4.79 Å². The van der Waals surface area contributed by atoms with Crippen LogP contribution < -0.4 is 10.1 Å². The first-order valence-corrected chi connectivity index (χ1v) is 9.01. The Balaban J connectivity index is 2.28. The van der Waals surface area contributed by atoms with Crippen molar-refractivity contribution in [3.8, 4) is 5.75 Å². The Morgan fingerprint density at radius 2 is 1.88 bits per heavy atom. The Morgan fingerprint density at radius 3 is 2.50 bits per heavy atom. The standard InChI is InChI=1S/C16H15ClF2N2O4S/c1-21(2)26(23,24)14-9-11(6-7-13(14)17)20-15(22)10-4-3-5-12(8-10)25-16(18)19/h3-9,16H,1-2H3,(H,20,22). The molecule has 0 atom stereocenters. The van der Waals surface area contributed by atoms with Gasteiger partial charge in [0.15, 0.2) is 0 Å². The van der Waals surface area contributed by atoms with Crippen LogP contribution in [0.15, 0.2) is 47.4 Å². The minimum atomic E-state index is -3.80. The Hall–Kier alpha value is -2.23. The average Bonchev–Trinajstić information content (AvgIpc) is 2.56. The molecule has 2 aromatic rings. The van der Waals surface area contributed by atoms with Crippen LogP contribution in [0.4, 0.5) is 14.5 Å². The van der Waals surface area contributed by atoms with Crippen molar-refractivity contribution < 1.29 is 26.7 Å². The molecule has 0 saturated carbocycles. The summed E-state index contributed by atoms with van der Waals surface area (Å²) in [5, 5.41) is 2.50. The first kappa shape index (κ1) is 20.1. The van der Waals surface area contributed by atoms with Crippen LogP contribution in [-0.4, -0.2) is 39.3 Å². The minimum Gasteiger partial charge on any atom is -0.435 e. The van der Waals surface area contributed by atoms with E-state index in [1.807, 2.05) is 0 Å². The van der Waals surface area contributed by atoms with E-state index in [1.54, 1.807) is 0 Å². The monoisotopic (exact) mass is 404 g/mol. The third kappa shape index (κ3) is 4.69. The van der Waals surface area contributed by atoms with E-state index >= 15 is 0 Å². The van der Waals surface area contributed by atoms with Gasteiger partial charge in [-0.05, 0) is 36.4 Å². The number of ether oxygens (including phenoxy) is 1. The lowest BCUT2D eigenvalue weighted by Crippen LogP contribution is -2.23. The lowest BCUT2D eigenvalue weighted by atomic mass is 10.2. The molecule has 0 saturated heterocycles. The fourth-order valence-corrected chi connectivity index (χ4v) is 3.39. The Morgan fingerprint density at radius 1 is 1.19 bits per heavy atom. The van der Waals surface area contributed by atoms with E-state index in [1.165, 1.54) is 50.5 Å². The van der Waals surface area contributed by atoms with Crippen molar-refractivity contribution in [2.45, 2.75) is 11.5 Å². The lowest BCUT2D eigenvalue weighted by molar-refractivity contribution is -0.0498. The maximum Gasteiger partial charge on any atom is 0.387 e. The van der Waals surface area contributed by atoms with Gasteiger partial charge in [0.2, 0.25) is 10.0 Å². The average molecular weight is 405 g/mol. The highest BCUT2D eigenvalue weighted by Gasteiger charge is 2.21. The molecule has 10 heteroatoms. The lowest BCUT2D eigenvalue weighted by Gasteiger charge is -2.14. The highest BCUT2D eigenvalue weighted by atomic mass is 35.5. The molecule has 0 radical (unpaired) electrons. The summed E-state index contributed by atoms with van der Waals surface area (Å²) in [4.78, 5) is 12.1. The van der Waals surface area contributed by atoms with Crippen LogP contribution in [0.2, 0.25) is 5.02 Å². The van der Waals surface area contributed by atoms with Gasteiger partial charge in [0, 0.05) is 25.3 Å². The number of alkyl halides is 2. The van der Waals surface area contributed by atoms with E-state index in [-0.39, 0.29) is 26.9 Å². The number of anilines is 1. The number of benzene rings is 2. The van der Waals surface area contributed by atoms with Gasteiger partial charge in [-0.1, -0.05) is 17.7 Å². The number of nitrogens with zero attached hydrogens (tertiary/aromatic N) is 1. The maximum absolute atomic E-state index is 12.3. The summed E-state index contributed by atoms with van der Waals surface area (Å²) in [7, 11) is -1.10. The first-order valence-electron chi connectivity index (χ1n) is 7.19. The summed E-state index contributed by atoms with van der Waals surface area (Å²) in [6.45, 7) is -3.01. The summed E-state index contributed by atoms with van der Waals surface area (Å²) in [6, 6.07) is 9.20. The molecule has 2 rings (SSSR count). The van der Waals surface area contributed by atoms with Gasteiger partial charge in [0.25, 0.3) is 5.91 Å². The highest BCUT2D eigenvalue weighted by molar-refractivity contribution is 7.89. The van der Waals surface area contributed by atoms with Crippen LogP contribution in [0, 0.1) is 0 Å². The molecule has 1 N–H and O–H groups in total. The molecule has 0 aromatic heterocycles. The van der Waals surface area contributed by atoms with Crippen molar-refractivity contribution in [3.63, 3.8) is 0 Å². The van der Waals surface area contributed by atoms with Crippen LogP contribution in [-0.2, 0) is 10.0 Å². The molecule has 0 bridgehead atoms. The zero-order valence-corrected chi connectivity index (χ0v) is 15.3. The molecule has 26 heavy (non-hydrogen) atoms. The Labute approximate surface area is 154 Å². The molecule has 0 spiro atoms. The molecule has 0 heterocycles. The van der Waals surface area contributed by atoms with Gasteiger partial charge >= 0.3 is 6.61 Å². The van der Waals surface area contributed by atoms with Gasteiger partial charge in [0.05, 0.1) is 5.02 Å². The predicted molar refractivity (Wildman–Crippen MR) is 93.4 cm³/mol. The Kier molecular flexibility index (Phi) is 6.17. The van der Waals surface area contributed by atoms with Crippen LogP contribution in [0.25, 0.3) is 0 Å².